The normalized spacial score (nSPS) is 10.0. The first-order valence-corrected chi connectivity index (χ1v) is 6.05. The molecule has 0 heterocycles. The molecule has 0 aromatic heterocycles. The van der Waals surface area contributed by atoms with E-state index in [-0.39, 0.29) is 6.61 Å². The van der Waals surface area contributed by atoms with Crippen molar-refractivity contribution in [2.75, 3.05) is 5.32 Å². The number of hydrogen-bond acceptors (Lipinski definition) is 3. The number of amides is 1. The van der Waals surface area contributed by atoms with Crippen LogP contribution in [0.2, 0.25) is 0 Å². The molecule has 0 radical (unpaired) electrons. The third-order valence-electron chi connectivity index (χ3n) is 2.34. The van der Waals surface area contributed by atoms with Gasteiger partial charge in [0.15, 0.2) is 0 Å². The Morgan fingerprint density at radius 2 is 1.95 bits per heavy atom. The molecule has 0 fully saturated rings. The van der Waals surface area contributed by atoms with Crippen molar-refractivity contribution in [3.63, 3.8) is 0 Å². The molecule has 1 amide bonds. The number of thiol groups is 1. The highest BCUT2D eigenvalue weighted by Gasteiger charge is 2.05. The summed E-state index contributed by atoms with van der Waals surface area (Å²) in [5.41, 5.74) is 1.19. The molecule has 2 rings (SSSR count). The van der Waals surface area contributed by atoms with Crippen LogP contribution in [-0.2, 0) is 11.3 Å². The third kappa shape index (κ3) is 4.30. The first-order chi connectivity index (χ1) is 9.13. The number of benzene rings is 2. The zero-order chi connectivity index (χ0) is 13.7. The summed E-state index contributed by atoms with van der Waals surface area (Å²) in [5.74, 6) is -0.467. The molecule has 1 N–H and O–H groups in total. The zero-order valence-electron chi connectivity index (χ0n) is 9.97. The van der Waals surface area contributed by atoms with Crippen molar-refractivity contribution in [1.82, 2.24) is 0 Å². The molecule has 98 valence electrons. The van der Waals surface area contributed by atoms with E-state index in [9.17, 15) is 9.18 Å². The topological polar surface area (TPSA) is 38.3 Å². The number of carbonyl (C=O) groups excluding carboxylic acids is 1. The fourth-order valence-electron chi connectivity index (χ4n) is 1.52. The highest BCUT2D eigenvalue weighted by atomic mass is 32.1. The molecule has 0 atom stereocenters. The van der Waals surface area contributed by atoms with Crippen molar-refractivity contribution < 1.29 is 13.9 Å². The Morgan fingerprint density at radius 3 is 2.63 bits per heavy atom. The molecule has 0 saturated carbocycles. The van der Waals surface area contributed by atoms with Gasteiger partial charge < -0.3 is 4.74 Å². The van der Waals surface area contributed by atoms with Gasteiger partial charge in [0, 0.05) is 10.6 Å². The maximum atomic E-state index is 13.1. The van der Waals surface area contributed by atoms with Crippen LogP contribution in [0.4, 0.5) is 14.9 Å². The Hall–Kier alpha value is -2.01. The predicted octanol–water partition coefficient (Wildman–Crippen LogP) is 3.86. The van der Waals surface area contributed by atoms with Crippen LogP contribution in [0.15, 0.2) is 53.4 Å². The van der Waals surface area contributed by atoms with Crippen LogP contribution in [0.1, 0.15) is 5.56 Å². The second-order valence-electron chi connectivity index (χ2n) is 3.88. The molecule has 0 bridgehead atoms. The molecule has 5 heteroatoms. The Labute approximate surface area is 115 Å². The lowest BCUT2D eigenvalue weighted by Gasteiger charge is -2.07. The summed E-state index contributed by atoms with van der Waals surface area (Å²) in [7, 11) is 0. The maximum Gasteiger partial charge on any atom is 0.411 e. The van der Waals surface area contributed by atoms with E-state index in [0.29, 0.717) is 10.6 Å². The highest BCUT2D eigenvalue weighted by Crippen LogP contribution is 2.17. The largest absolute Gasteiger partial charge is 0.444 e. The minimum absolute atomic E-state index is 0.162. The quantitative estimate of drug-likeness (QED) is 0.836. The van der Waals surface area contributed by atoms with Crippen molar-refractivity contribution in [2.24, 2.45) is 0 Å². The van der Waals surface area contributed by atoms with Gasteiger partial charge in [0.1, 0.15) is 12.4 Å². The molecule has 0 aliphatic rings. The van der Waals surface area contributed by atoms with E-state index < -0.39 is 11.9 Å². The lowest BCUT2D eigenvalue weighted by atomic mass is 10.2. The number of hydrogen-bond donors (Lipinski definition) is 2. The minimum atomic E-state index is -0.637. The van der Waals surface area contributed by atoms with Gasteiger partial charge in [-0.15, -0.1) is 12.6 Å². The predicted molar refractivity (Wildman–Crippen MR) is 73.9 cm³/mol. The molecule has 19 heavy (non-hydrogen) atoms. The summed E-state index contributed by atoms with van der Waals surface area (Å²) in [6, 6.07) is 13.3. The molecule has 0 spiro atoms. The van der Waals surface area contributed by atoms with Crippen molar-refractivity contribution >= 4 is 24.4 Å². The average Bonchev–Trinajstić information content (AvgIpc) is 2.36. The Bertz CT molecular complexity index is 555. The molecular weight excluding hydrogens is 265 g/mol. The minimum Gasteiger partial charge on any atom is -0.444 e. The Morgan fingerprint density at radius 1 is 1.21 bits per heavy atom. The molecule has 0 aliphatic carbocycles. The smallest absolute Gasteiger partial charge is 0.411 e. The number of halogens is 1. The van der Waals surface area contributed by atoms with Crippen LogP contribution < -0.4 is 5.32 Å². The fraction of sp³-hybridized carbons (Fsp3) is 0.0714. The summed E-state index contributed by atoms with van der Waals surface area (Å²) >= 11 is 4.02. The zero-order valence-corrected chi connectivity index (χ0v) is 10.9. The number of ether oxygens (including phenoxy) is 1. The lowest BCUT2D eigenvalue weighted by molar-refractivity contribution is 0.155. The van der Waals surface area contributed by atoms with E-state index in [1.54, 1.807) is 0 Å². The van der Waals surface area contributed by atoms with Crippen LogP contribution in [0, 0.1) is 5.82 Å². The van der Waals surface area contributed by atoms with Crippen molar-refractivity contribution in [3.05, 3.63) is 59.9 Å². The second kappa shape index (κ2) is 6.24. The van der Waals surface area contributed by atoms with Gasteiger partial charge in [-0.05, 0) is 23.8 Å². The monoisotopic (exact) mass is 277 g/mol. The average molecular weight is 277 g/mol. The van der Waals surface area contributed by atoms with Gasteiger partial charge in [-0.25, -0.2) is 9.18 Å². The van der Waals surface area contributed by atoms with E-state index >= 15 is 0 Å². The second-order valence-corrected chi connectivity index (χ2v) is 4.40. The molecule has 0 aliphatic heterocycles. The van der Waals surface area contributed by atoms with Crippen LogP contribution in [-0.4, -0.2) is 6.09 Å². The van der Waals surface area contributed by atoms with Gasteiger partial charge in [0.05, 0.1) is 0 Å². The summed E-state index contributed by atoms with van der Waals surface area (Å²) in [6.45, 7) is 0.162. The molecule has 2 aromatic rings. The molecule has 2 aromatic carbocycles. The molecule has 0 unspecified atom stereocenters. The first-order valence-electron chi connectivity index (χ1n) is 5.61. The standard InChI is InChI=1S/C14H12FNO2S/c15-11-6-12(8-13(19)7-11)16-14(17)18-9-10-4-2-1-3-5-10/h1-8,19H,9H2,(H,16,17). The van der Waals surface area contributed by atoms with Gasteiger partial charge in [-0.2, -0.15) is 0 Å². The Kier molecular flexibility index (Phi) is 4.41. The summed E-state index contributed by atoms with van der Waals surface area (Å²) < 4.78 is 18.1. The number of nitrogens with one attached hydrogen (secondary N) is 1. The van der Waals surface area contributed by atoms with E-state index in [0.717, 1.165) is 5.56 Å². The Balaban J connectivity index is 1.91. The fourth-order valence-corrected chi connectivity index (χ4v) is 1.79. The SMILES string of the molecule is O=C(Nc1cc(F)cc(S)c1)OCc1ccccc1. The van der Waals surface area contributed by atoms with Gasteiger partial charge in [0.2, 0.25) is 0 Å². The maximum absolute atomic E-state index is 13.1. The van der Waals surface area contributed by atoms with E-state index in [1.807, 2.05) is 30.3 Å². The van der Waals surface area contributed by atoms with Gasteiger partial charge in [-0.1, -0.05) is 30.3 Å². The summed E-state index contributed by atoms with van der Waals surface area (Å²) in [4.78, 5) is 12.0. The van der Waals surface area contributed by atoms with E-state index in [2.05, 4.69) is 17.9 Å². The van der Waals surface area contributed by atoms with Crippen molar-refractivity contribution in [3.8, 4) is 0 Å². The van der Waals surface area contributed by atoms with E-state index in [1.165, 1.54) is 18.2 Å². The number of rotatable bonds is 3. The van der Waals surface area contributed by atoms with Crippen LogP contribution >= 0.6 is 12.6 Å². The summed E-state index contributed by atoms with van der Waals surface area (Å²) in [5, 5.41) is 2.44. The van der Waals surface area contributed by atoms with Crippen LogP contribution in [0.5, 0.6) is 0 Å². The van der Waals surface area contributed by atoms with Crippen molar-refractivity contribution in [2.45, 2.75) is 11.5 Å². The first kappa shape index (κ1) is 13.4. The van der Waals surface area contributed by atoms with Gasteiger partial charge in [0.25, 0.3) is 0 Å². The molecule has 3 nitrogen and oxygen atoms in total. The van der Waals surface area contributed by atoms with Crippen LogP contribution in [0.25, 0.3) is 0 Å². The highest BCUT2D eigenvalue weighted by molar-refractivity contribution is 7.80. The third-order valence-corrected chi connectivity index (χ3v) is 2.60. The van der Waals surface area contributed by atoms with Gasteiger partial charge in [-0.3, -0.25) is 5.32 Å². The molecular formula is C14H12FNO2S. The van der Waals surface area contributed by atoms with Crippen molar-refractivity contribution in [1.29, 1.82) is 0 Å². The summed E-state index contributed by atoms with van der Waals surface area (Å²) in [6.07, 6.45) is -0.637. The van der Waals surface area contributed by atoms with E-state index in [4.69, 9.17) is 4.74 Å². The molecule has 0 saturated heterocycles. The van der Waals surface area contributed by atoms with Crippen LogP contribution in [0.3, 0.4) is 0 Å². The number of anilines is 1. The van der Waals surface area contributed by atoms with Gasteiger partial charge >= 0.3 is 6.09 Å². The lowest BCUT2D eigenvalue weighted by Crippen LogP contribution is -2.13. The number of carbonyl (C=O) groups is 1.